The molecule has 1 fully saturated rings. The van der Waals surface area contributed by atoms with Crippen molar-refractivity contribution < 1.29 is 19.1 Å². The summed E-state index contributed by atoms with van der Waals surface area (Å²) >= 11 is 1.44. The Kier molecular flexibility index (Phi) is 4.81. The molecular formula is C13H15NO4S. The van der Waals surface area contributed by atoms with E-state index in [1.165, 1.54) is 18.7 Å². The van der Waals surface area contributed by atoms with E-state index in [1.54, 1.807) is 24.3 Å². The SMILES string of the molecule is CC(=O)OC1CNC(COC(=O)c2ccccc2)S1. The van der Waals surface area contributed by atoms with E-state index in [9.17, 15) is 9.59 Å². The first kappa shape index (κ1) is 13.9. The number of thioether (sulfide) groups is 1. The lowest BCUT2D eigenvalue weighted by Gasteiger charge is -2.11. The van der Waals surface area contributed by atoms with Gasteiger partial charge in [-0.25, -0.2) is 4.79 Å². The maximum Gasteiger partial charge on any atom is 0.338 e. The van der Waals surface area contributed by atoms with Gasteiger partial charge in [-0.1, -0.05) is 30.0 Å². The van der Waals surface area contributed by atoms with Crippen LogP contribution >= 0.6 is 11.8 Å². The van der Waals surface area contributed by atoms with E-state index in [-0.39, 0.29) is 29.4 Å². The van der Waals surface area contributed by atoms with Crippen LogP contribution in [-0.2, 0) is 14.3 Å². The molecule has 0 radical (unpaired) electrons. The zero-order valence-corrected chi connectivity index (χ0v) is 11.3. The van der Waals surface area contributed by atoms with Crippen LogP contribution in [0.3, 0.4) is 0 Å². The maximum atomic E-state index is 11.7. The minimum Gasteiger partial charge on any atom is -0.460 e. The molecule has 0 aromatic heterocycles. The molecule has 19 heavy (non-hydrogen) atoms. The van der Waals surface area contributed by atoms with Gasteiger partial charge in [0.2, 0.25) is 0 Å². The predicted molar refractivity (Wildman–Crippen MR) is 71.7 cm³/mol. The van der Waals surface area contributed by atoms with Crippen LogP contribution in [-0.4, -0.2) is 35.9 Å². The number of ether oxygens (including phenoxy) is 2. The molecule has 1 aromatic rings. The van der Waals surface area contributed by atoms with Gasteiger partial charge in [0.05, 0.1) is 10.9 Å². The van der Waals surface area contributed by atoms with Crippen LogP contribution in [0.1, 0.15) is 17.3 Å². The zero-order valence-electron chi connectivity index (χ0n) is 10.5. The first-order chi connectivity index (χ1) is 9.15. The van der Waals surface area contributed by atoms with Crippen LogP contribution in [0.4, 0.5) is 0 Å². The summed E-state index contributed by atoms with van der Waals surface area (Å²) in [6.07, 6.45) is 0. The average molecular weight is 281 g/mol. The number of carbonyl (C=O) groups is 2. The highest BCUT2D eigenvalue weighted by Crippen LogP contribution is 2.23. The summed E-state index contributed by atoms with van der Waals surface area (Å²) in [6.45, 7) is 2.19. The highest BCUT2D eigenvalue weighted by Gasteiger charge is 2.27. The van der Waals surface area contributed by atoms with Crippen molar-refractivity contribution in [1.29, 1.82) is 0 Å². The van der Waals surface area contributed by atoms with Crippen molar-refractivity contribution in [2.45, 2.75) is 17.7 Å². The second-order valence-electron chi connectivity index (χ2n) is 4.04. The van der Waals surface area contributed by atoms with Crippen molar-refractivity contribution in [3.8, 4) is 0 Å². The summed E-state index contributed by atoms with van der Waals surface area (Å²) in [5.74, 6) is -0.653. The molecule has 2 rings (SSSR count). The van der Waals surface area contributed by atoms with E-state index in [4.69, 9.17) is 9.47 Å². The Morgan fingerprint density at radius 1 is 1.37 bits per heavy atom. The molecule has 0 aliphatic carbocycles. The molecular weight excluding hydrogens is 266 g/mol. The largest absolute Gasteiger partial charge is 0.460 e. The molecule has 2 atom stereocenters. The topological polar surface area (TPSA) is 64.6 Å². The van der Waals surface area contributed by atoms with Crippen molar-refractivity contribution in [3.05, 3.63) is 35.9 Å². The molecule has 1 aromatic carbocycles. The van der Waals surface area contributed by atoms with Gasteiger partial charge in [0.1, 0.15) is 6.61 Å². The number of nitrogens with one attached hydrogen (secondary N) is 1. The summed E-state index contributed by atoms with van der Waals surface area (Å²) < 4.78 is 10.3. The number of benzene rings is 1. The lowest BCUT2D eigenvalue weighted by atomic mass is 10.2. The van der Waals surface area contributed by atoms with Gasteiger partial charge in [-0.2, -0.15) is 0 Å². The van der Waals surface area contributed by atoms with E-state index in [0.29, 0.717) is 12.1 Å². The number of carbonyl (C=O) groups excluding carboxylic acids is 2. The van der Waals surface area contributed by atoms with Crippen molar-refractivity contribution >= 4 is 23.7 Å². The predicted octanol–water partition coefficient (Wildman–Crippen LogP) is 1.40. The van der Waals surface area contributed by atoms with Crippen molar-refractivity contribution in [3.63, 3.8) is 0 Å². The standard InChI is InChI=1S/C13H15NO4S/c1-9(15)18-12-7-14-11(19-12)8-17-13(16)10-5-3-2-4-6-10/h2-6,11-12,14H,7-8H2,1H3. The Hall–Kier alpha value is -1.53. The number of rotatable bonds is 4. The summed E-state index contributed by atoms with van der Waals surface area (Å²) in [7, 11) is 0. The van der Waals surface area contributed by atoms with Crippen LogP contribution in [0.2, 0.25) is 0 Å². The monoisotopic (exact) mass is 281 g/mol. The number of hydrogen-bond donors (Lipinski definition) is 1. The fraction of sp³-hybridized carbons (Fsp3) is 0.385. The quantitative estimate of drug-likeness (QED) is 0.842. The third-order valence-corrected chi connectivity index (χ3v) is 3.70. The fourth-order valence-corrected chi connectivity index (χ4v) is 2.76. The lowest BCUT2D eigenvalue weighted by molar-refractivity contribution is -0.142. The summed E-state index contributed by atoms with van der Waals surface area (Å²) in [5.41, 5.74) is 0.319. The van der Waals surface area contributed by atoms with Gasteiger partial charge in [-0.3, -0.25) is 10.1 Å². The highest BCUT2D eigenvalue weighted by molar-refractivity contribution is 8.00. The van der Waals surface area contributed by atoms with Crippen LogP contribution < -0.4 is 5.32 Å². The van der Waals surface area contributed by atoms with Gasteiger partial charge in [0, 0.05) is 13.5 Å². The molecule has 1 aliphatic heterocycles. The molecule has 1 aliphatic rings. The van der Waals surface area contributed by atoms with Crippen LogP contribution in [0.5, 0.6) is 0 Å². The third kappa shape index (κ3) is 4.25. The van der Waals surface area contributed by atoms with Crippen molar-refractivity contribution in [1.82, 2.24) is 5.32 Å². The second kappa shape index (κ2) is 6.58. The Bertz CT molecular complexity index is 451. The van der Waals surface area contributed by atoms with Crippen molar-refractivity contribution in [2.24, 2.45) is 0 Å². The molecule has 0 amide bonds. The van der Waals surface area contributed by atoms with E-state index in [0.717, 1.165) is 0 Å². The van der Waals surface area contributed by atoms with Gasteiger partial charge in [-0.15, -0.1) is 0 Å². The first-order valence-electron chi connectivity index (χ1n) is 5.93. The van der Waals surface area contributed by atoms with E-state index in [2.05, 4.69) is 5.32 Å². The molecule has 0 bridgehead atoms. The third-order valence-electron chi connectivity index (χ3n) is 2.50. The van der Waals surface area contributed by atoms with Gasteiger partial charge in [0.25, 0.3) is 0 Å². The first-order valence-corrected chi connectivity index (χ1v) is 6.87. The van der Waals surface area contributed by atoms with Crippen LogP contribution in [0.25, 0.3) is 0 Å². The number of esters is 2. The van der Waals surface area contributed by atoms with Gasteiger partial charge < -0.3 is 9.47 Å². The van der Waals surface area contributed by atoms with Crippen LogP contribution in [0, 0.1) is 0 Å². The molecule has 6 heteroatoms. The fourth-order valence-electron chi connectivity index (χ4n) is 1.67. The lowest BCUT2D eigenvalue weighted by Crippen LogP contribution is -2.27. The molecule has 1 saturated heterocycles. The minimum absolute atomic E-state index is 0.0444. The molecule has 0 saturated carbocycles. The minimum atomic E-state index is -0.348. The molecule has 5 nitrogen and oxygen atoms in total. The summed E-state index contributed by atoms with van der Waals surface area (Å²) in [4.78, 5) is 22.5. The normalized spacial score (nSPS) is 21.9. The summed E-state index contributed by atoms with van der Waals surface area (Å²) in [6, 6.07) is 8.83. The molecule has 2 unspecified atom stereocenters. The van der Waals surface area contributed by atoms with E-state index in [1.807, 2.05) is 6.07 Å². The van der Waals surface area contributed by atoms with Gasteiger partial charge in [0.15, 0.2) is 5.44 Å². The Balaban J connectivity index is 1.75. The number of hydrogen-bond acceptors (Lipinski definition) is 6. The van der Waals surface area contributed by atoms with Gasteiger partial charge in [-0.05, 0) is 12.1 Å². The van der Waals surface area contributed by atoms with Gasteiger partial charge >= 0.3 is 11.9 Å². The molecule has 0 spiro atoms. The molecule has 1 N–H and O–H groups in total. The zero-order chi connectivity index (χ0) is 13.7. The highest BCUT2D eigenvalue weighted by atomic mass is 32.2. The molecule has 102 valence electrons. The van der Waals surface area contributed by atoms with Crippen molar-refractivity contribution in [2.75, 3.05) is 13.2 Å². The van der Waals surface area contributed by atoms with E-state index < -0.39 is 0 Å². The summed E-state index contributed by atoms with van der Waals surface area (Å²) in [5, 5.41) is 3.08. The Morgan fingerprint density at radius 3 is 2.79 bits per heavy atom. The maximum absolute atomic E-state index is 11.7. The Morgan fingerprint density at radius 2 is 2.11 bits per heavy atom. The average Bonchev–Trinajstić information content (AvgIpc) is 2.84. The smallest absolute Gasteiger partial charge is 0.338 e. The Labute approximate surface area is 115 Å². The molecule has 1 heterocycles. The van der Waals surface area contributed by atoms with E-state index >= 15 is 0 Å². The van der Waals surface area contributed by atoms with Crippen LogP contribution in [0.15, 0.2) is 30.3 Å². The second-order valence-corrected chi connectivity index (χ2v) is 5.40.